The summed E-state index contributed by atoms with van der Waals surface area (Å²) in [5.74, 6) is -3.78. The Balaban J connectivity index is 1.25. The van der Waals surface area contributed by atoms with E-state index in [0.29, 0.717) is 23.5 Å². The van der Waals surface area contributed by atoms with Crippen LogP contribution < -0.4 is 15.4 Å². The molecule has 0 saturated heterocycles. The standard InChI is InChI=1S/C47H42N12O22S8/c1-21-11-33(55-57-41-22(2)29(20-48)45-51-42-35(59(45)46(41)62)12-25(49-23(3)60)13-39(42)88(75,76)77)36(81-7-5-9-84(63,64)65)18-30(21)53-56-34-17-31(50-24(4)61)32(19-37(34)82-8-6-10-85(66,67)68)54-58-47-52-43-40(89(78,79)80)16-27-28(44(43)83-47)14-26(86(69,70)71)15-38(27)87(72,73)74/h11-19,62H,5-10H2,1-4H3,(H,49,60)(H,50,61)(H,63,64,65)(H,66,67,68)(H,69,70,71)(H,72,73,74)(H,75,76,77)(H,78,79,80). The van der Waals surface area contributed by atoms with Crippen LogP contribution in [0.4, 0.5) is 44.9 Å². The van der Waals surface area contributed by atoms with Gasteiger partial charge in [-0.1, -0.05) is 11.3 Å². The minimum Gasteiger partial charge on any atom is -0.493 e. The van der Waals surface area contributed by atoms with Gasteiger partial charge in [-0.15, -0.1) is 37.3 Å². The van der Waals surface area contributed by atoms with Gasteiger partial charge in [0.25, 0.3) is 60.7 Å². The van der Waals surface area contributed by atoms with Crippen molar-refractivity contribution in [3.63, 3.8) is 0 Å². The van der Waals surface area contributed by atoms with E-state index in [1.165, 1.54) is 44.2 Å². The number of aromatic nitrogens is 3. The van der Waals surface area contributed by atoms with Gasteiger partial charge in [0.1, 0.15) is 60.2 Å². The number of amides is 2. The number of carbonyl (C=O) groups is 2. The molecule has 8 aromatic rings. The van der Waals surface area contributed by atoms with Gasteiger partial charge < -0.3 is 20.5 Å². The summed E-state index contributed by atoms with van der Waals surface area (Å²) in [4.78, 5) is 29.1. The van der Waals surface area contributed by atoms with Crippen LogP contribution in [0, 0.1) is 25.2 Å². The van der Waals surface area contributed by atoms with Gasteiger partial charge in [0.05, 0.1) is 44.6 Å². The number of fused-ring (bicyclic) bond motifs is 6. The maximum atomic E-state index is 12.7. The zero-order chi connectivity index (χ0) is 65.7. The Bertz CT molecular complexity index is 5220. The van der Waals surface area contributed by atoms with Gasteiger partial charge in [-0.05, 0) is 86.5 Å². The molecule has 9 N–H and O–H groups in total. The first kappa shape index (κ1) is 66.8. The normalized spacial score (nSPS) is 13.0. The molecule has 470 valence electrons. The Hall–Kier alpha value is -8.16. The van der Waals surface area contributed by atoms with Crippen LogP contribution in [0.1, 0.15) is 43.4 Å². The number of nitrogens with one attached hydrogen (secondary N) is 2. The summed E-state index contributed by atoms with van der Waals surface area (Å²) in [5.41, 5.74) is -2.67. The third-order valence-electron chi connectivity index (χ3n) is 12.2. The van der Waals surface area contributed by atoms with Crippen LogP contribution in [-0.2, 0) is 70.3 Å². The van der Waals surface area contributed by atoms with E-state index in [9.17, 15) is 97.8 Å². The number of nitriles is 1. The molecule has 89 heavy (non-hydrogen) atoms. The number of aromatic hydroxyl groups is 1. The highest BCUT2D eigenvalue weighted by Crippen LogP contribution is 2.46. The molecule has 42 heteroatoms. The average Bonchev–Trinajstić information content (AvgIpc) is 1.67. The lowest BCUT2D eigenvalue weighted by Crippen LogP contribution is -2.08. The van der Waals surface area contributed by atoms with Crippen LogP contribution in [-0.4, -0.2) is 133 Å². The molecule has 0 aliphatic rings. The van der Waals surface area contributed by atoms with E-state index in [0.717, 1.165) is 42.1 Å². The molecule has 0 unspecified atom stereocenters. The monoisotopic (exact) mass is 1380 g/mol. The van der Waals surface area contributed by atoms with Crippen molar-refractivity contribution in [1.29, 1.82) is 5.26 Å². The molecule has 3 aromatic heterocycles. The molecule has 2 amide bonds. The number of hydrogen-bond donors (Lipinski definition) is 9. The van der Waals surface area contributed by atoms with Crippen LogP contribution in [0.5, 0.6) is 11.6 Å². The Labute approximate surface area is 511 Å². The molecule has 0 atom stereocenters. The van der Waals surface area contributed by atoms with E-state index < -0.39 is 149 Å². The molecular formula is C47H42N12O22S8. The molecule has 0 radical (unpaired) electrons. The van der Waals surface area contributed by atoms with Gasteiger partial charge >= 0.3 is 0 Å². The second-order valence-electron chi connectivity index (χ2n) is 18.7. The summed E-state index contributed by atoms with van der Waals surface area (Å²) >= 11 is 1.39. The Morgan fingerprint density at radius 3 is 1.87 bits per heavy atom. The second-order valence-corrected chi connectivity index (χ2v) is 29.6. The summed E-state index contributed by atoms with van der Waals surface area (Å²) in [5, 5.41) is 51.0. The lowest BCUT2D eigenvalue weighted by molar-refractivity contribution is -0.115. The molecule has 0 saturated carbocycles. The van der Waals surface area contributed by atoms with E-state index >= 15 is 0 Å². The minimum atomic E-state index is -5.37. The van der Waals surface area contributed by atoms with Gasteiger partial charge in [-0.2, -0.15) is 60.9 Å². The van der Waals surface area contributed by atoms with Crippen LogP contribution in [0.15, 0.2) is 110 Å². The van der Waals surface area contributed by atoms with E-state index in [4.69, 9.17) is 4.74 Å². The highest BCUT2D eigenvalue weighted by Gasteiger charge is 2.29. The first-order chi connectivity index (χ1) is 41.2. The van der Waals surface area contributed by atoms with Gasteiger partial charge in [0.2, 0.25) is 22.8 Å². The number of pyridine rings is 1. The molecule has 34 nitrogen and oxygen atoms in total. The van der Waals surface area contributed by atoms with E-state index in [1.807, 2.05) is 6.07 Å². The molecule has 0 bridgehead atoms. The van der Waals surface area contributed by atoms with E-state index in [2.05, 4.69) is 51.3 Å². The lowest BCUT2D eigenvalue weighted by Gasteiger charge is -2.13. The predicted octanol–water partition coefficient (Wildman–Crippen LogP) is 8.62. The molecule has 0 aliphatic carbocycles. The van der Waals surface area contributed by atoms with Gasteiger partial charge in [-0.25, -0.2) is 9.97 Å². The van der Waals surface area contributed by atoms with Crippen LogP contribution in [0.2, 0.25) is 0 Å². The number of imidazole rings is 1. The van der Waals surface area contributed by atoms with Crippen molar-refractivity contribution >= 4 is 178 Å². The van der Waals surface area contributed by atoms with Crippen molar-refractivity contribution in [2.45, 2.75) is 65.0 Å². The smallest absolute Gasteiger partial charge is 0.296 e. The number of benzene rings is 5. The fourth-order valence-corrected chi connectivity index (χ4v) is 14.2. The Morgan fingerprint density at radius 1 is 0.652 bits per heavy atom. The number of anilines is 2. The van der Waals surface area contributed by atoms with Crippen molar-refractivity contribution in [2.75, 3.05) is 34.5 Å². The van der Waals surface area contributed by atoms with Crippen molar-refractivity contribution < 1.29 is 97.3 Å². The number of nitrogens with zero attached hydrogens (tertiary/aromatic N) is 10. The summed E-state index contributed by atoms with van der Waals surface area (Å²) < 4.78 is 212. The quantitative estimate of drug-likeness (QED) is 0.0133. The summed E-state index contributed by atoms with van der Waals surface area (Å²) in [6.07, 6.45) is -0.435. The summed E-state index contributed by atoms with van der Waals surface area (Å²) in [6.45, 7) is 4.69. The van der Waals surface area contributed by atoms with Crippen LogP contribution in [0.25, 0.3) is 37.7 Å². The first-order valence-electron chi connectivity index (χ1n) is 24.4. The molecule has 3 heterocycles. The Morgan fingerprint density at radius 2 is 1.26 bits per heavy atom. The SMILES string of the molecule is CC(=O)Nc1cc(S(=O)(=O)O)c2nc3c(C#N)c(C)c(N=Nc4cc(C)c(N=Nc5cc(NC(C)=O)c(N=Nc6nc7c(S(=O)(=O)O)cc8c(S(=O)(=O)O)cc(S(=O)(=O)O)cc8c7s6)cc5SCCCS(=O)(=O)O)cc4OCCCS(=O)(=O)O)c(O)n3c2c1. The molecule has 0 spiro atoms. The second kappa shape index (κ2) is 25.0. The third-order valence-corrected chi connectivity index (χ3v) is 19.4. The maximum Gasteiger partial charge on any atom is 0.296 e. The summed E-state index contributed by atoms with van der Waals surface area (Å²) in [6, 6.07) is 10.8. The van der Waals surface area contributed by atoms with Crippen LogP contribution in [0.3, 0.4) is 0 Å². The zero-order valence-corrected chi connectivity index (χ0v) is 52.0. The molecule has 0 fully saturated rings. The van der Waals surface area contributed by atoms with Crippen molar-refractivity contribution in [2.24, 2.45) is 30.7 Å². The number of hydrogen-bond acceptors (Lipinski definition) is 27. The summed E-state index contributed by atoms with van der Waals surface area (Å²) in [7, 11) is -29.8. The maximum absolute atomic E-state index is 12.7. The van der Waals surface area contributed by atoms with E-state index in [1.54, 1.807) is 0 Å². The van der Waals surface area contributed by atoms with Crippen LogP contribution >= 0.6 is 23.1 Å². The molecule has 5 aromatic carbocycles. The third kappa shape index (κ3) is 15.5. The lowest BCUT2D eigenvalue weighted by atomic mass is 10.1. The number of aryl methyl sites for hydroxylation is 1. The minimum absolute atomic E-state index is 0.00245. The number of thioether (sulfide) groups is 1. The number of rotatable bonds is 22. The largest absolute Gasteiger partial charge is 0.493 e. The van der Waals surface area contributed by atoms with Crippen molar-refractivity contribution in [3.05, 3.63) is 71.3 Å². The van der Waals surface area contributed by atoms with Gasteiger partial charge in [-0.3, -0.25) is 41.3 Å². The highest BCUT2D eigenvalue weighted by molar-refractivity contribution is 7.99. The first-order valence-corrected chi connectivity index (χ1v) is 35.2. The molecule has 8 rings (SSSR count). The predicted molar refractivity (Wildman–Crippen MR) is 317 cm³/mol. The van der Waals surface area contributed by atoms with Gasteiger partial charge in [0.15, 0.2) is 11.3 Å². The number of thiazole rings is 1. The molecule has 0 aliphatic heterocycles. The fraction of sp³-hybridized carbons (Fsp3) is 0.213. The average molecular weight is 1380 g/mol. The number of carbonyl (C=O) groups excluding carboxylic acids is 2. The Kier molecular flexibility index (Phi) is 18.8. The van der Waals surface area contributed by atoms with Gasteiger partial charge in [0, 0.05) is 46.8 Å². The van der Waals surface area contributed by atoms with Crippen molar-refractivity contribution in [3.8, 4) is 17.7 Å². The highest BCUT2D eigenvalue weighted by atomic mass is 32.2. The molecular weight excluding hydrogens is 1340 g/mol. The fourth-order valence-electron chi connectivity index (χ4n) is 8.45. The topological polar surface area (TPSA) is 542 Å². The zero-order valence-electron chi connectivity index (χ0n) is 45.4. The van der Waals surface area contributed by atoms with Crippen molar-refractivity contribution in [1.82, 2.24) is 14.4 Å². The number of azo groups is 3. The number of ether oxygens (including phenoxy) is 1. The van der Waals surface area contributed by atoms with E-state index in [-0.39, 0.29) is 95.9 Å².